The number of hydrogen-bond acceptors (Lipinski definition) is 2. The summed E-state index contributed by atoms with van der Waals surface area (Å²) in [4.78, 5) is 0. The zero-order valence-corrected chi connectivity index (χ0v) is 21.6. The first-order chi connectivity index (χ1) is 14.5. The fourth-order valence-corrected chi connectivity index (χ4v) is 3.83. The average Bonchev–Trinajstić information content (AvgIpc) is 2.71. The van der Waals surface area contributed by atoms with Gasteiger partial charge in [-0.25, -0.2) is 0 Å². The van der Waals surface area contributed by atoms with Gasteiger partial charge in [-0.1, -0.05) is 143 Å². The monoisotopic (exact) mass is 428 g/mol. The Labute approximate surface area is 191 Å². The molecular weight excluding hydrogens is 368 g/mol. The van der Waals surface area contributed by atoms with Gasteiger partial charge < -0.3 is 10.2 Å². The molecule has 0 saturated heterocycles. The third-order valence-corrected chi connectivity index (χ3v) is 5.92. The third-order valence-electron chi connectivity index (χ3n) is 5.92. The molecule has 0 bridgehead atoms. The normalized spacial score (nSPS) is 12.1. The molecule has 2 nitrogen and oxygen atoms in total. The van der Waals surface area contributed by atoms with Crippen LogP contribution in [0.3, 0.4) is 0 Å². The van der Waals surface area contributed by atoms with Crippen molar-refractivity contribution in [3.05, 3.63) is 0 Å². The lowest BCUT2D eigenvalue weighted by Gasteiger charge is -2.04. The summed E-state index contributed by atoms with van der Waals surface area (Å²) in [7, 11) is 0. The summed E-state index contributed by atoms with van der Waals surface area (Å²) in [5.41, 5.74) is 0. The molecule has 30 heavy (non-hydrogen) atoms. The SMILES string of the molecule is CC(C)CCCCCCCCCCCO.CCCCCCCCCCCCC(C)O. The van der Waals surface area contributed by atoms with E-state index in [1.54, 1.807) is 0 Å². The molecule has 2 heteroatoms. The number of hydrogen-bond donors (Lipinski definition) is 2. The fraction of sp³-hybridized carbons (Fsp3) is 1.00. The van der Waals surface area contributed by atoms with Crippen molar-refractivity contribution < 1.29 is 10.2 Å². The molecule has 0 aromatic heterocycles. The third kappa shape index (κ3) is 35.4. The molecule has 0 aliphatic heterocycles. The zero-order valence-electron chi connectivity index (χ0n) is 21.6. The van der Waals surface area contributed by atoms with Crippen molar-refractivity contribution in [2.75, 3.05) is 6.61 Å². The molecule has 0 amide bonds. The van der Waals surface area contributed by atoms with Gasteiger partial charge in [0.05, 0.1) is 6.10 Å². The van der Waals surface area contributed by atoms with Crippen LogP contribution in [0.15, 0.2) is 0 Å². The van der Waals surface area contributed by atoms with Crippen LogP contribution < -0.4 is 0 Å². The van der Waals surface area contributed by atoms with E-state index in [4.69, 9.17) is 10.2 Å². The van der Waals surface area contributed by atoms with Crippen molar-refractivity contribution in [1.82, 2.24) is 0 Å². The molecule has 0 aromatic carbocycles. The Morgan fingerprint density at radius 3 is 1.13 bits per heavy atom. The zero-order chi connectivity index (χ0) is 22.7. The van der Waals surface area contributed by atoms with E-state index in [0.717, 1.165) is 18.8 Å². The Balaban J connectivity index is 0. The van der Waals surface area contributed by atoms with E-state index in [1.165, 1.54) is 122 Å². The lowest BCUT2D eigenvalue weighted by atomic mass is 10.0. The van der Waals surface area contributed by atoms with Gasteiger partial charge in [0.15, 0.2) is 0 Å². The highest BCUT2D eigenvalue weighted by Crippen LogP contribution is 2.13. The summed E-state index contributed by atoms with van der Waals surface area (Å²) in [6, 6.07) is 0. The number of rotatable bonds is 22. The van der Waals surface area contributed by atoms with Gasteiger partial charge in [-0.05, 0) is 25.7 Å². The highest BCUT2D eigenvalue weighted by Gasteiger charge is 1.96. The van der Waals surface area contributed by atoms with Crippen LogP contribution in [0.25, 0.3) is 0 Å². The minimum atomic E-state index is -0.0981. The van der Waals surface area contributed by atoms with Crippen molar-refractivity contribution in [3.8, 4) is 0 Å². The van der Waals surface area contributed by atoms with Gasteiger partial charge in [-0.3, -0.25) is 0 Å². The van der Waals surface area contributed by atoms with Crippen LogP contribution >= 0.6 is 0 Å². The first-order valence-electron chi connectivity index (χ1n) is 13.8. The highest BCUT2D eigenvalue weighted by molar-refractivity contribution is 4.51. The Kier molecular flexibility index (Phi) is 30.9. The van der Waals surface area contributed by atoms with Gasteiger partial charge in [0.25, 0.3) is 0 Å². The standard InChI is InChI=1S/2C14H30O/c1-14(2)12-10-8-6-4-3-5-7-9-11-13-15;1-3-4-5-6-7-8-9-10-11-12-13-14(2)15/h2*14-15H,3-13H2,1-2H3. The van der Waals surface area contributed by atoms with E-state index < -0.39 is 0 Å². The summed E-state index contributed by atoms with van der Waals surface area (Å²) in [6.45, 7) is 9.13. The maximum absolute atomic E-state index is 9.08. The maximum atomic E-state index is 9.08. The molecule has 2 N–H and O–H groups in total. The molecule has 0 rings (SSSR count). The van der Waals surface area contributed by atoms with Gasteiger partial charge in [-0.15, -0.1) is 0 Å². The van der Waals surface area contributed by atoms with Gasteiger partial charge in [0, 0.05) is 6.61 Å². The average molecular weight is 429 g/mol. The summed E-state index contributed by atoms with van der Waals surface area (Å²) >= 11 is 0. The van der Waals surface area contributed by atoms with Crippen molar-refractivity contribution in [2.24, 2.45) is 5.92 Å². The summed E-state index contributed by atoms with van der Waals surface area (Å²) in [5.74, 6) is 0.878. The minimum Gasteiger partial charge on any atom is -0.396 e. The van der Waals surface area contributed by atoms with Gasteiger partial charge in [0.1, 0.15) is 0 Å². The molecule has 0 aliphatic carbocycles. The van der Waals surface area contributed by atoms with Crippen molar-refractivity contribution in [3.63, 3.8) is 0 Å². The van der Waals surface area contributed by atoms with Gasteiger partial charge in [0.2, 0.25) is 0 Å². The van der Waals surface area contributed by atoms with E-state index in [-0.39, 0.29) is 6.10 Å². The second-order valence-electron chi connectivity index (χ2n) is 9.91. The summed E-state index contributed by atoms with van der Waals surface area (Å²) in [6.07, 6.45) is 28.0. The lowest BCUT2D eigenvalue weighted by molar-refractivity contribution is 0.180. The fourth-order valence-electron chi connectivity index (χ4n) is 3.83. The predicted molar refractivity (Wildman–Crippen MR) is 136 cm³/mol. The second kappa shape index (κ2) is 28.9. The van der Waals surface area contributed by atoms with Crippen molar-refractivity contribution in [2.45, 2.75) is 169 Å². The van der Waals surface area contributed by atoms with Crippen LogP contribution in [-0.4, -0.2) is 22.9 Å². The van der Waals surface area contributed by atoms with E-state index in [2.05, 4.69) is 20.8 Å². The lowest BCUT2D eigenvalue weighted by Crippen LogP contribution is -1.98. The topological polar surface area (TPSA) is 40.5 Å². The van der Waals surface area contributed by atoms with Gasteiger partial charge >= 0.3 is 0 Å². The Bertz CT molecular complexity index is 248. The molecule has 184 valence electrons. The van der Waals surface area contributed by atoms with Gasteiger partial charge in [-0.2, -0.15) is 0 Å². The van der Waals surface area contributed by atoms with Crippen LogP contribution in [-0.2, 0) is 0 Å². The number of unbranched alkanes of at least 4 members (excludes halogenated alkanes) is 17. The molecule has 0 heterocycles. The second-order valence-corrected chi connectivity index (χ2v) is 9.91. The molecule has 0 saturated carbocycles. The summed E-state index contributed by atoms with van der Waals surface area (Å²) in [5, 5.41) is 17.7. The van der Waals surface area contributed by atoms with E-state index >= 15 is 0 Å². The minimum absolute atomic E-state index is 0.0981. The molecule has 0 fully saturated rings. The molecular formula is C28H60O2. The Hall–Kier alpha value is -0.0800. The maximum Gasteiger partial charge on any atom is 0.0512 e. The number of aliphatic hydroxyl groups excluding tert-OH is 2. The first-order valence-corrected chi connectivity index (χ1v) is 13.8. The van der Waals surface area contributed by atoms with E-state index in [1.807, 2.05) is 6.92 Å². The predicted octanol–water partition coefficient (Wildman–Crippen LogP) is 9.21. The quantitative estimate of drug-likeness (QED) is 0.169. The largest absolute Gasteiger partial charge is 0.396 e. The Morgan fingerprint density at radius 1 is 0.467 bits per heavy atom. The van der Waals surface area contributed by atoms with E-state index in [0.29, 0.717) is 6.61 Å². The Morgan fingerprint density at radius 2 is 0.800 bits per heavy atom. The molecule has 1 atom stereocenters. The van der Waals surface area contributed by atoms with Crippen LogP contribution in [0.4, 0.5) is 0 Å². The molecule has 1 unspecified atom stereocenters. The van der Waals surface area contributed by atoms with Crippen LogP contribution in [0.2, 0.25) is 0 Å². The first kappa shape index (κ1) is 32.1. The molecule has 0 aliphatic rings. The van der Waals surface area contributed by atoms with Crippen molar-refractivity contribution >= 4 is 0 Å². The number of aliphatic hydroxyl groups is 2. The highest BCUT2D eigenvalue weighted by atomic mass is 16.3. The summed E-state index contributed by atoms with van der Waals surface area (Å²) < 4.78 is 0. The van der Waals surface area contributed by atoms with E-state index in [9.17, 15) is 0 Å². The van der Waals surface area contributed by atoms with Crippen LogP contribution in [0.1, 0.15) is 163 Å². The molecule has 0 radical (unpaired) electrons. The van der Waals surface area contributed by atoms with Crippen LogP contribution in [0.5, 0.6) is 0 Å². The molecule has 0 spiro atoms. The smallest absolute Gasteiger partial charge is 0.0512 e. The van der Waals surface area contributed by atoms with Crippen LogP contribution in [0, 0.1) is 5.92 Å². The molecule has 0 aromatic rings. The van der Waals surface area contributed by atoms with Crippen molar-refractivity contribution in [1.29, 1.82) is 0 Å².